The molecule has 3 aromatic rings. The Morgan fingerprint density at radius 1 is 1.34 bits per heavy atom. The van der Waals surface area contributed by atoms with Crippen molar-refractivity contribution in [1.82, 2.24) is 25.0 Å². The van der Waals surface area contributed by atoms with Crippen molar-refractivity contribution < 1.29 is 4.79 Å². The molecule has 0 saturated carbocycles. The average Bonchev–Trinajstić information content (AvgIpc) is 3.34. The molecule has 1 aliphatic heterocycles. The Labute approximate surface area is 175 Å². The van der Waals surface area contributed by atoms with Gasteiger partial charge in [-0.2, -0.15) is 5.10 Å². The highest BCUT2D eigenvalue weighted by atomic mass is 32.1. The molecule has 29 heavy (non-hydrogen) atoms. The number of pyridine rings is 1. The van der Waals surface area contributed by atoms with Crippen molar-refractivity contribution in [2.24, 2.45) is 7.05 Å². The van der Waals surface area contributed by atoms with Crippen LogP contribution < -0.4 is 5.32 Å². The highest BCUT2D eigenvalue weighted by Gasteiger charge is 2.25. The van der Waals surface area contributed by atoms with E-state index >= 15 is 0 Å². The van der Waals surface area contributed by atoms with E-state index in [2.05, 4.69) is 39.4 Å². The normalized spacial score (nSPS) is 15.1. The fourth-order valence-corrected chi connectivity index (χ4v) is 4.84. The van der Waals surface area contributed by atoms with E-state index < -0.39 is 0 Å². The van der Waals surface area contributed by atoms with Gasteiger partial charge < -0.3 is 5.32 Å². The van der Waals surface area contributed by atoms with E-state index in [-0.39, 0.29) is 11.9 Å². The summed E-state index contributed by atoms with van der Waals surface area (Å²) in [5.41, 5.74) is 5.41. The lowest BCUT2D eigenvalue weighted by Gasteiger charge is -2.27. The number of carbonyl (C=O) groups excluding carboxylic acids is 1. The minimum Gasteiger partial charge on any atom is -0.345 e. The van der Waals surface area contributed by atoms with Gasteiger partial charge in [0.05, 0.1) is 23.5 Å². The summed E-state index contributed by atoms with van der Waals surface area (Å²) < 4.78 is 1.75. The Bertz CT molecular complexity index is 991. The summed E-state index contributed by atoms with van der Waals surface area (Å²) in [6.45, 7) is 6.81. The van der Waals surface area contributed by atoms with Crippen LogP contribution in [0.3, 0.4) is 0 Å². The van der Waals surface area contributed by atoms with Gasteiger partial charge in [-0.1, -0.05) is 13.0 Å². The maximum absolute atomic E-state index is 12.8. The number of rotatable bonds is 6. The third kappa shape index (κ3) is 4.41. The van der Waals surface area contributed by atoms with Crippen LogP contribution in [-0.4, -0.2) is 32.1 Å². The fourth-order valence-electron chi connectivity index (χ4n) is 3.72. The summed E-state index contributed by atoms with van der Waals surface area (Å²) in [7, 11) is 1.88. The van der Waals surface area contributed by atoms with Crippen LogP contribution in [-0.2, 0) is 33.0 Å². The number of fused-ring (bicyclic) bond motifs is 1. The SMILES string of the molecule is CCc1ccc(CN2CCc3c(C(=O)NC(C)c4cnn(C)c4)csc3C2)nc1. The second kappa shape index (κ2) is 8.47. The lowest BCUT2D eigenvalue weighted by molar-refractivity contribution is 0.0938. The van der Waals surface area contributed by atoms with Gasteiger partial charge in [0.1, 0.15) is 0 Å². The Morgan fingerprint density at radius 3 is 2.90 bits per heavy atom. The van der Waals surface area contributed by atoms with Gasteiger partial charge in [0.15, 0.2) is 0 Å². The van der Waals surface area contributed by atoms with E-state index in [0.29, 0.717) is 0 Å². The third-order valence-electron chi connectivity index (χ3n) is 5.52. The molecule has 1 atom stereocenters. The molecule has 4 heterocycles. The first-order valence-electron chi connectivity index (χ1n) is 10.1. The van der Waals surface area contributed by atoms with Crippen molar-refractivity contribution in [2.45, 2.75) is 45.8 Å². The minimum atomic E-state index is -0.0657. The summed E-state index contributed by atoms with van der Waals surface area (Å²) in [6.07, 6.45) is 7.62. The van der Waals surface area contributed by atoms with E-state index in [4.69, 9.17) is 0 Å². The summed E-state index contributed by atoms with van der Waals surface area (Å²) in [4.78, 5) is 21.1. The molecule has 0 aromatic carbocycles. The van der Waals surface area contributed by atoms with E-state index in [1.165, 1.54) is 16.0 Å². The molecule has 0 aliphatic carbocycles. The van der Waals surface area contributed by atoms with E-state index in [1.807, 2.05) is 31.7 Å². The van der Waals surface area contributed by atoms with Crippen LogP contribution in [0, 0.1) is 0 Å². The number of thiophene rings is 1. The quantitative estimate of drug-likeness (QED) is 0.677. The van der Waals surface area contributed by atoms with Gasteiger partial charge in [-0.25, -0.2) is 0 Å². The Hall–Kier alpha value is -2.51. The minimum absolute atomic E-state index is 0.00382. The number of nitrogens with zero attached hydrogens (tertiary/aromatic N) is 4. The van der Waals surface area contributed by atoms with Crippen molar-refractivity contribution in [3.63, 3.8) is 0 Å². The van der Waals surface area contributed by atoms with Crippen molar-refractivity contribution >= 4 is 17.2 Å². The second-order valence-corrected chi connectivity index (χ2v) is 8.63. The molecular formula is C22H27N5OS. The molecule has 1 aliphatic rings. The molecule has 3 aromatic heterocycles. The molecule has 0 saturated heterocycles. The zero-order valence-corrected chi connectivity index (χ0v) is 18.0. The standard InChI is InChI=1S/C22H27N5OS/c1-4-16-5-6-18(23-9-16)12-27-8-7-19-20(14-29-21(19)13-27)22(28)25-15(2)17-10-24-26(3)11-17/h5-6,9-11,14-15H,4,7-8,12-13H2,1-3H3,(H,25,28). The molecule has 6 nitrogen and oxygen atoms in total. The Morgan fingerprint density at radius 2 is 2.21 bits per heavy atom. The van der Waals surface area contributed by atoms with Crippen LogP contribution in [0.2, 0.25) is 0 Å². The molecule has 0 fully saturated rings. The van der Waals surface area contributed by atoms with Gasteiger partial charge in [0, 0.05) is 54.9 Å². The Balaban J connectivity index is 1.40. The van der Waals surface area contributed by atoms with Crippen molar-refractivity contribution in [2.75, 3.05) is 6.54 Å². The molecule has 1 amide bonds. The summed E-state index contributed by atoms with van der Waals surface area (Å²) in [5.74, 6) is 0.00382. The lowest BCUT2D eigenvalue weighted by atomic mass is 10.0. The average molecular weight is 410 g/mol. The predicted molar refractivity (Wildman–Crippen MR) is 115 cm³/mol. The molecule has 0 bridgehead atoms. The monoisotopic (exact) mass is 409 g/mol. The number of hydrogen-bond acceptors (Lipinski definition) is 5. The maximum atomic E-state index is 12.8. The number of aryl methyl sites for hydroxylation is 2. The van der Waals surface area contributed by atoms with Crippen LogP contribution in [0.25, 0.3) is 0 Å². The van der Waals surface area contributed by atoms with Crippen LogP contribution in [0.1, 0.15) is 57.5 Å². The predicted octanol–water partition coefficient (Wildman–Crippen LogP) is 3.49. The van der Waals surface area contributed by atoms with E-state index in [9.17, 15) is 4.79 Å². The molecule has 152 valence electrons. The number of nitrogens with one attached hydrogen (secondary N) is 1. The van der Waals surface area contributed by atoms with E-state index in [0.717, 1.165) is 49.3 Å². The molecule has 0 spiro atoms. The van der Waals surface area contributed by atoms with Crippen molar-refractivity contribution in [1.29, 1.82) is 0 Å². The highest BCUT2D eigenvalue weighted by molar-refractivity contribution is 7.10. The van der Waals surface area contributed by atoms with Gasteiger partial charge in [-0.3, -0.25) is 19.4 Å². The smallest absolute Gasteiger partial charge is 0.252 e. The van der Waals surface area contributed by atoms with Crippen LogP contribution >= 0.6 is 11.3 Å². The van der Waals surface area contributed by atoms with Gasteiger partial charge >= 0.3 is 0 Å². The Kier molecular flexibility index (Phi) is 5.78. The lowest BCUT2D eigenvalue weighted by Crippen LogP contribution is -2.32. The summed E-state index contributed by atoms with van der Waals surface area (Å²) in [5, 5.41) is 9.31. The summed E-state index contributed by atoms with van der Waals surface area (Å²) >= 11 is 1.69. The van der Waals surface area contributed by atoms with Gasteiger partial charge in [0.25, 0.3) is 5.91 Å². The number of hydrogen-bond donors (Lipinski definition) is 1. The van der Waals surface area contributed by atoms with Gasteiger partial charge in [0.2, 0.25) is 0 Å². The number of amides is 1. The van der Waals surface area contributed by atoms with Crippen LogP contribution in [0.15, 0.2) is 36.1 Å². The van der Waals surface area contributed by atoms with Crippen molar-refractivity contribution in [3.05, 3.63) is 68.9 Å². The van der Waals surface area contributed by atoms with Gasteiger partial charge in [-0.15, -0.1) is 11.3 Å². The zero-order chi connectivity index (χ0) is 20.4. The fraction of sp³-hybridized carbons (Fsp3) is 0.409. The topological polar surface area (TPSA) is 63.1 Å². The zero-order valence-electron chi connectivity index (χ0n) is 17.2. The third-order valence-corrected chi connectivity index (χ3v) is 6.54. The van der Waals surface area contributed by atoms with Crippen LogP contribution in [0.4, 0.5) is 0 Å². The highest BCUT2D eigenvalue weighted by Crippen LogP contribution is 2.29. The second-order valence-electron chi connectivity index (χ2n) is 7.67. The maximum Gasteiger partial charge on any atom is 0.252 e. The van der Waals surface area contributed by atoms with E-state index in [1.54, 1.807) is 22.2 Å². The molecule has 1 N–H and O–H groups in total. The first-order chi connectivity index (χ1) is 14.0. The first-order valence-corrected chi connectivity index (χ1v) is 11.0. The molecule has 7 heteroatoms. The van der Waals surface area contributed by atoms with Gasteiger partial charge in [-0.05, 0) is 37.0 Å². The molecular weight excluding hydrogens is 382 g/mol. The molecule has 1 unspecified atom stereocenters. The molecule has 0 radical (unpaired) electrons. The van der Waals surface area contributed by atoms with Crippen molar-refractivity contribution in [3.8, 4) is 0 Å². The first kappa shape index (κ1) is 19.8. The van der Waals surface area contributed by atoms with Crippen LogP contribution in [0.5, 0.6) is 0 Å². The number of aromatic nitrogens is 3. The largest absolute Gasteiger partial charge is 0.345 e. The number of carbonyl (C=O) groups is 1. The molecule has 4 rings (SSSR count). The summed E-state index contributed by atoms with van der Waals surface area (Å²) in [6, 6.07) is 4.22.